The van der Waals surface area contributed by atoms with Crippen LogP contribution in [0.15, 0.2) is 200 Å². The average molecular weight is 783 g/mol. The number of hydrogen-bond acceptors (Lipinski definition) is 1. The van der Waals surface area contributed by atoms with Crippen molar-refractivity contribution in [3.05, 3.63) is 200 Å². The van der Waals surface area contributed by atoms with Gasteiger partial charge < -0.3 is 18.6 Å². The molecule has 0 atom stereocenters. The van der Waals surface area contributed by atoms with E-state index in [-0.39, 0.29) is 0 Å². The van der Waals surface area contributed by atoms with Gasteiger partial charge in [0.25, 0.3) is 0 Å². The van der Waals surface area contributed by atoms with Gasteiger partial charge in [-0.25, -0.2) is 0 Å². The van der Waals surface area contributed by atoms with Crippen molar-refractivity contribution in [2.24, 2.45) is 21.1 Å². The lowest BCUT2D eigenvalue weighted by Gasteiger charge is -2.27. The van der Waals surface area contributed by atoms with Gasteiger partial charge in [0.2, 0.25) is 0 Å². The van der Waals surface area contributed by atoms with Crippen LogP contribution in [0.4, 0.5) is 17.1 Å². The Morgan fingerprint density at radius 1 is 0.279 bits per heavy atom. The second kappa shape index (κ2) is 13.6. The van der Waals surface area contributed by atoms with Gasteiger partial charge in [-0.2, -0.15) is 0 Å². The number of aromatic nitrogens is 3. The number of anilines is 3. The third-order valence-electron chi connectivity index (χ3n) is 13.0. The van der Waals surface area contributed by atoms with E-state index in [0.717, 1.165) is 17.1 Å². The molecule has 3 aromatic heterocycles. The standard InChI is InChI=1S/C57H42N4/c1-58-52-31-7-4-22-46(52)49-28-13-25-43(55(49)58)37-16-10-19-40(34-37)61(41-20-11-17-38(35-41)44-26-14-29-50-47-23-5-8-32-53(47)59(2)56(44)50)42-21-12-18-39(36-42)45-27-15-30-51-48-24-6-9-33-54(48)60(3)57(45)51/h4-36H,1-3H3. The minimum atomic E-state index is 1.09. The molecule has 0 spiro atoms. The Hall–Kier alpha value is -7.82. The molecule has 3 heterocycles. The Morgan fingerprint density at radius 3 is 0.885 bits per heavy atom. The molecule has 0 N–H and O–H groups in total. The molecule has 0 bridgehead atoms. The predicted molar refractivity (Wildman–Crippen MR) is 259 cm³/mol. The maximum atomic E-state index is 2.43. The summed E-state index contributed by atoms with van der Waals surface area (Å²) in [4.78, 5) is 2.43. The van der Waals surface area contributed by atoms with E-state index in [1.807, 2.05) is 0 Å². The SMILES string of the molecule is Cn1c2ccccc2c2cccc(-c3cccc(N(c4cccc(-c5cccc6c7ccccc7n(C)c56)c4)c4cccc(-c5cccc6c7ccccc7n(C)c56)c4)c3)c21. The summed E-state index contributed by atoms with van der Waals surface area (Å²) < 4.78 is 7.04. The monoisotopic (exact) mass is 782 g/mol. The van der Waals surface area contributed by atoms with Gasteiger partial charge >= 0.3 is 0 Å². The Kier molecular flexibility index (Phi) is 7.85. The quantitative estimate of drug-likeness (QED) is 0.164. The molecule has 0 aliphatic carbocycles. The lowest BCUT2D eigenvalue weighted by Crippen LogP contribution is -2.10. The molecule has 12 aromatic rings. The maximum Gasteiger partial charge on any atom is 0.0568 e. The maximum absolute atomic E-state index is 2.43. The highest BCUT2D eigenvalue weighted by atomic mass is 15.1. The second-order valence-corrected chi connectivity index (χ2v) is 16.3. The van der Waals surface area contributed by atoms with Crippen LogP contribution in [-0.2, 0) is 21.1 Å². The number of para-hydroxylation sites is 6. The first-order valence-electron chi connectivity index (χ1n) is 21.0. The van der Waals surface area contributed by atoms with E-state index in [0.29, 0.717) is 0 Å². The molecule has 12 rings (SSSR count). The number of fused-ring (bicyclic) bond motifs is 9. The van der Waals surface area contributed by atoms with E-state index in [9.17, 15) is 0 Å². The Labute approximate surface area is 354 Å². The van der Waals surface area contributed by atoms with E-state index in [1.54, 1.807) is 0 Å². The van der Waals surface area contributed by atoms with Gasteiger partial charge in [-0.05, 0) is 71.3 Å². The molecular formula is C57H42N4. The summed E-state index contributed by atoms with van der Waals surface area (Å²) in [5.74, 6) is 0. The third-order valence-corrected chi connectivity index (χ3v) is 13.0. The Bertz CT molecular complexity index is 3320. The number of hydrogen-bond donors (Lipinski definition) is 0. The van der Waals surface area contributed by atoms with Crippen molar-refractivity contribution in [1.82, 2.24) is 13.7 Å². The van der Waals surface area contributed by atoms with Crippen molar-refractivity contribution in [2.45, 2.75) is 0 Å². The highest BCUT2D eigenvalue weighted by molar-refractivity contribution is 6.15. The zero-order valence-corrected chi connectivity index (χ0v) is 34.3. The molecule has 0 fully saturated rings. The number of nitrogens with zero attached hydrogens (tertiary/aromatic N) is 4. The highest BCUT2D eigenvalue weighted by Crippen LogP contribution is 2.44. The number of aryl methyl sites for hydroxylation is 3. The van der Waals surface area contributed by atoms with Gasteiger partial charge in [0.05, 0.1) is 16.6 Å². The molecule has 0 amide bonds. The van der Waals surface area contributed by atoms with Crippen molar-refractivity contribution in [3.63, 3.8) is 0 Å². The first kappa shape index (κ1) is 35.2. The van der Waals surface area contributed by atoms with Crippen LogP contribution in [-0.4, -0.2) is 13.7 Å². The predicted octanol–water partition coefficient (Wildman–Crippen LogP) is 15.1. The van der Waals surface area contributed by atoms with Crippen LogP contribution in [0.2, 0.25) is 0 Å². The van der Waals surface area contributed by atoms with Crippen LogP contribution < -0.4 is 4.90 Å². The number of benzene rings is 9. The fourth-order valence-electron chi connectivity index (χ4n) is 10.3. The van der Waals surface area contributed by atoms with Crippen LogP contribution in [0.25, 0.3) is 98.8 Å². The van der Waals surface area contributed by atoms with Crippen LogP contribution in [0, 0.1) is 0 Å². The van der Waals surface area contributed by atoms with Gasteiger partial charge in [0, 0.05) is 104 Å². The number of rotatable bonds is 6. The first-order valence-corrected chi connectivity index (χ1v) is 21.0. The smallest absolute Gasteiger partial charge is 0.0568 e. The lowest BCUT2D eigenvalue weighted by molar-refractivity contribution is 1.01. The van der Waals surface area contributed by atoms with Gasteiger partial charge in [0.15, 0.2) is 0 Å². The second-order valence-electron chi connectivity index (χ2n) is 16.3. The summed E-state index contributed by atoms with van der Waals surface area (Å²) in [6.07, 6.45) is 0. The fraction of sp³-hybridized carbons (Fsp3) is 0.0526. The van der Waals surface area contributed by atoms with Crippen molar-refractivity contribution in [1.29, 1.82) is 0 Å². The molecule has 0 saturated carbocycles. The van der Waals surface area contributed by atoms with Crippen molar-refractivity contribution in [2.75, 3.05) is 4.90 Å². The summed E-state index contributed by atoms with van der Waals surface area (Å²) in [6, 6.07) is 73.5. The molecule has 0 aliphatic rings. The van der Waals surface area contributed by atoms with Crippen LogP contribution in [0.1, 0.15) is 0 Å². The van der Waals surface area contributed by atoms with Gasteiger partial charge in [-0.15, -0.1) is 0 Å². The summed E-state index contributed by atoms with van der Waals surface area (Å²) in [7, 11) is 6.57. The summed E-state index contributed by atoms with van der Waals surface area (Å²) in [5, 5.41) is 7.62. The molecule has 0 aliphatic heterocycles. The summed E-state index contributed by atoms with van der Waals surface area (Å²) in [6.45, 7) is 0. The van der Waals surface area contributed by atoms with Gasteiger partial charge in [-0.1, -0.05) is 146 Å². The van der Waals surface area contributed by atoms with Crippen LogP contribution >= 0.6 is 0 Å². The molecular weight excluding hydrogens is 741 g/mol. The summed E-state index contributed by atoms with van der Waals surface area (Å²) in [5.41, 5.74) is 17.9. The molecule has 0 saturated heterocycles. The van der Waals surface area contributed by atoms with E-state index >= 15 is 0 Å². The molecule has 4 heteroatoms. The molecule has 0 radical (unpaired) electrons. The zero-order valence-electron chi connectivity index (χ0n) is 34.3. The van der Waals surface area contributed by atoms with Gasteiger partial charge in [-0.3, -0.25) is 0 Å². The minimum Gasteiger partial charge on any atom is -0.343 e. The Morgan fingerprint density at radius 2 is 0.557 bits per heavy atom. The molecule has 61 heavy (non-hydrogen) atoms. The van der Waals surface area contributed by atoms with Gasteiger partial charge in [0.1, 0.15) is 0 Å². The van der Waals surface area contributed by atoms with Crippen molar-refractivity contribution in [3.8, 4) is 33.4 Å². The first-order chi connectivity index (χ1) is 30.0. The largest absolute Gasteiger partial charge is 0.343 e. The normalized spacial score (nSPS) is 11.9. The molecule has 290 valence electrons. The van der Waals surface area contributed by atoms with Crippen molar-refractivity contribution < 1.29 is 0 Å². The average Bonchev–Trinajstić information content (AvgIpc) is 3.90. The van der Waals surface area contributed by atoms with E-state index < -0.39 is 0 Å². The third kappa shape index (κ3) is 5.32. The highest BCUT2D eigenvalue weighted by Gasteiger charge is 2.20. The zero-order chi connectivity index (χ0) is 40.8. The molecule has 9 aromatic carbocycles. The molecule has 0 unspecified atom stereocenters. The van der Waals surface area contributed by atoms with Crippen LogP contribution in [0.3, 0.4) is 0 Å². The van der Waals surface area contributed by atoms with E-state index in [4.69, 9.17) is 0 Å². The van der Waals surface area contributed by atoms with E-state index in [1.165, 1.54) is 98.8 Å². The van der Waals surface area contributed by atoms with Crippen LogP contribution in [0.5, 0.6) is 0 Å². The fourth-order valence-corrected chi connectivity index (χ4v) is 10.3. The lowest BCUT2D eigenvalue weighted by atomic mass is 9.98. The van der Waals surface area contributed by atoms with Crippen molar-refractivity contribution >= 4 is 82.5 Å². The summed E-state index contributed by atoms with van der Waals surface area (Å²) >= 11 is 0. The molecule has 4 nitrogen and oxygen atoms in total. The van der Waals surface area contributed by atoms with E-state index in [2.05, 4.69) is 240 Å². The topological polar surface area (TPSA) is 18.0 Å². The Balaban J connectivity index is 1.07. The minimum absolute atomic E-state index is 1.09.